The molecule has 0 bridgehead atoms. The molecule has 1 aliphatic heterocycles. The van der Waals surface area contributed by atoms with Gasteiger partial charge in [-0.1, -0.05) is 54.6 Å². The van der Waals surface area contributed by atoms with Crippen molar-refractivity contribution in [3.05, 3.63) is 118 Å². The van der Waals surface area contributed by atoms with Crippen LogP contribution in [0.3, 0.4) is 0 Å². The largest absolute Gasteiger partial charge is 0.480 e. The van der Waals surface area contributed by atoms with Crippen LogP contribution in [0.4, 0.5) is 5.95 Å². The van der Waals surface area contributed by atoms with E-state index in [0.29, 0.717) is 102 Å². The Morgan fingerprint density at radius 2 is 1.13 bits per heavy atom. The van der Waals surface area contributed by atoms with Gasteiger partial charge in [-0.15, -0.1) is 0 Å². The van der Waals surface area contributed by atoms with Crippen molar-refractivity contribution in [1.82, 2.24) is 55.4 Å². The second-order valence-corrected chi connectivity index (χ2v) is 20.0. The average Bonchev–Trinajstić information content (AvgIpc) is 4.00. The molecule has 0 saturated carbocycles. The average molecular weight is 1160 g/mol. The quantitative estimate of drug-likeness (QED) is 0.0253. The normalized spacial score (nSPS) is 14.6. The number of hydrogen-bond donors (Lipinski definition) is 10. The van der Waals surface area contributed by atoms with Crippen LogP contribution >= 0.6 is 0 Å². The summed E-state index contributed by atoms with van der Waals surface area (Å²) in [7, 11) is 1.74. The maximum Gasteiger partial charge on any atom is 0.322 e. The SMILES string of the molecule is Cn1cc(C(=O)NC[C@H](NCc2ccc(-c3ccc(CNCCCOCCOCCOCCNC(=O)CN4CCN(CC(=O)O)CCN(CC(=O)O)CCN(CC(=O)O)CC4)cc3)cc2)C(=O)O)c(=O)c2ccc(CNc3ncc[nH]3)cc21. The molecule has 6 rings (SSSR count). The molecule has 1 atom stereocenters. The molecule has 3 aromatic carbocycles. The number of aliphatic carboxylic acids is 4. The van der Waals surface area contributed by atoms with E-state index in [1.807, 2.05) is 35.2 Å². The van der Waals surface area contributed by atoms with Gasteiger partial charge >= 0.3 is 23.9 Å². The number of pyridine rings is 1. The number of aromatic nitrogens is 3. The first-order chi connectivity index (χ1) is 40.1. The van der Waals surface area contributed by atoms with E-state index in [1.54, 1.807) is 50.8 Å². The summed E-state index contributed by atoms with van der Waals surface area (Å²) in [5.41, 5.74) is 5.04. The highest BCUT2D eigenvalue weighted by molar-refractivity contribution is 5.97. The number of amides is 2. The molecule has 0 unspecified atom stereocenters. The standard InChI is InChI=1S/C57H78N12O14/c1-65-36-47(54(77)46-12-7-43(31-49(46)65)34-64-57-60-14-15-61-57)55(78)63-35-48(56(79)80)62-33-42-5-10-45(11-6-42)44-8-3-41(4-9-44)32-58-13-2-25-81-27-29-83-30-28-82-26-16-59-50(70)37-66-17-19-67(38-51(71)72)21-23-69(40-53(75)76)24-22-68(20-18-66)39-52(73)74/h3-12,14-15,31,36,48,58,62H,2,13,16-30,32-35,37-40H2,1H3,(H,59,70)(H,63,78)(H,71,72)(H,73,74)(H,75,76)(H,79,80)(H2,60,61,64)/t48-/m0/s1. The van der Waals surface area contributed by atoms with Crippen molar-refractivity contribution in [3.63, 3.8) is 0 Å². The molecule has 26 nitrogen and oxygen atoms in total. The van der Waals surface area contributed by atoms with E-state index in [1.165, 1.54) is 6.20 Å². The van der Waals surface area contributed by atoms with Crippen molar-refractivity contribution >= 4 is 52.5 Å². The zero-order valence-corrected chi connectivity index (χ0v) is 46.9. The molecule has 0 radical (unpaired) electrons. The molecule has 0 aliphatic carbocycles. The zero-order valence-electron chi connectivity index (χ0n) is 46.9. The fourth-order valence-corrected chi connectivity index (χ4v) is 9.14. The number of carbonyl (C=O) groups excluding carboxylic acids is 2. The first-order valence-electron chi connectivity index (χ1n) is 27.6. The summed E-state index contributed by atoms with van der Waals surface area (Å²) in [6.45, 7) is 6.37. The number of aryl methyl sites for hydroxylation is 1. The third kappa shape index (κ3) is 23.3. The monoisotopic (exact) mass is 1150 g/mol. The lowest BCUT2D eigenvalue weighted by Gasteiger charge is -2.32. The molecule has 2 amide bonds. The maximum absolute atomic E-state index is 13.4. The highest BCUT2D eigenvalue weighted by Gasteiger charge is 2.23. The maximum atomic E-state index is 13.4. The number of fused-ring (bicyclic) bond motifs is 1. The van der Waals surface area contributed by atoms with Crippen molar-refractivity contribution in [1.29, 1.82) is 0 Å². The number of benzene rings is 3. The van der Waals surface area contributed by atoms with E-state index in [9.17, 15) is 54.0 Å². The van der Waals surface area contributed by atoms with Gasteiger partial charge in [0.25, 0.3) is 5.91 Å². The van der Waals surface area contributed by atoms with Crippen LogP contribution < -0.4 is 32.0 Å². The summed E-state index contributed by atoms with van der Waals surface area (Å²) >= 11 is 0. The van der Waals surface area contributed by atoms with Crippen LogP contribution in [0.5, 0.6) is 0 Å². The summed E-state index contributed by atoms with van der Waals surface area (Å²) in [5.74, 6) is -4.50. The molecule has 1 aliphatic rings. The van der Waals surface area contributed by atoms with Crippen LogP contribution in [0.1, 0.15) is 33.5 Å². The van der Waals surface area contributed by atoms with Gasteiger partial charge in [-0.25, -0.2) is 4.98 Å². The molecule has 450 valence electrons. The third-order valence-electron chi connectivity index (χ3n) is 13.7. The van der Waals surface area contributed by atoms with Crippen LogP contribution in [-0.4, -0.2) is 234 Å². The summed E-state index contributed by atoms with van der Waals surface area (Å²) in [5, 5.41) is 53.6. The summed E-state index contributed by atoms with van der Waals surface area (Å²) in [6, 6.07) is 20.3. The Balaban J connectivity index is 0.786. The van der Waals surface area contributed by atoms with Crippen LogP contribution in [0.15, 0.2) is 90.1 Å². The molecule has 0 spiro atoms. The third-order valence-corrected chi connectivity index (χ3v) is 13.7. The highest BCUT2D eigenvalue weighted by atomic mass is 16.5. The molecule has 3 heterocycles. The van der Waals surface area contributed by atoms with Crippen molar-refractivity contribution in [2.45, 2.75) is 32.1 Å². The number of carboxylic acids is 4. The van der Waals surface area contributed by atoms with Crippen LogP contribution in [-0.2, 0) is 64.9 Å². The number of nitrogens with one attached hydrogen (secondary N) is 6. The Morgan fingerprint density at radius 3 is 1.66 bits per heavy atom. The topological polar surface area (TPSA) is 335 Å². The second-order valence-electron chi connectivity index (χ2n) is 20.0. The molecule has 2 aromatic heterocycles. The van der Waals surface area contributed by atoms with Crippen molar-refractivity contribution in [2.75, 3.05) is 143 Å². The number of carbonyl (C=O) groups is 6. The van der Waals surface area contributed by atoms with Gasteiger partial charge in [-0.3, -0.25) is 58.5 Å². The fourth-order valence-electron chi connectivity index (χ4n) is 9.14. The van der Waals surface area contributed by atoms with E-state index in [2.05, 4.69) is 60.8 Å². The predicted octanol–water partition coefficient (Wildman–Crippen LogP) is 0.635. The Labute approximate surface area is 481 Å². The van der Waals surface area contributed by atoms with Crippen molar-refractivity contribution in [2.24, 2.45) is 7.05 Å². The van der Waals surface area contributed by atoms with E-state index in [4.69, 9.17) is 14.2 Å². The van der Waals surface area contributed by atoms with E-state index in [0.717, 1.165) is 40.8 Å². The minimum Gasteiger partial charge on any atom is -0.480 e. The predicted molar refractivity (Wildman–Crippen MR) is 308 cm³/mol. The number of nitrogens with zero attached hydrogens (tertiary/aromatic N) is 6. The summed E-state index contributed by atoms with van der Waals surface area (Å²) < 4.78 is 18.6. The van der Waals surface area contributed by atoms with Gasteiger partial charge < -0.3 is 65.5 Å². The molecule has 10 N–H and O–H groups in total. The first kappa shape index (κ1) is 64.5. The number of H-pyrrole nitrogens is 1. The van der Waals surface area contributed by atoms with Gasteiger partial charge in [0, 0.05) is 123 Å². The lowest BCUT2D eigenvalue weighted by molar-refractivity contribution is -0.140. The van der Waals surface area contributed by atoms with Crippen LogP contribution in [0, 0.1) is 0 Å². The molecular formula is C57H78N12O14. The van der Waals surface area contributed by atoms with Gasteiger partial charge in [0.05, 0.1) is 64.7 Å². The first-order valence-corrected chi connectivity index (χ1v) is 27.6. The van der Waals surface area contributed by atoms with Crippen LogP contribution in [0.2, 0.25) is 0 Å². The molecule has 26 heteroatoms. The molecule has 5 aromatic rings. The van der Waals surface area contributed by atoms with E-state index in [-0.39, 0.29) is 77.0 Å². The molecular weight excluding hydrogens is 1080 g/mol. The van der Waals surface area contributed by atoms with Gasteiger partial charge in [0.1, 0.15) is 11.6 Å². The lowest BCUT2D eigenvalue weighted by Crippen LogP contribution is -2.50. The fraction of sp³-hybridized carbons (Fsp3) is 0.474. The Kier molecular flexibility index (Phi) is 27.0. The Bertz CT molecular complexity index is 2880. The van der Waals surface area contributed by atoms with Crippen molar-refractivity contribution < 1.29 is 63.4 Å². The number of imidazole rings is 1. The lowest BCUT2D eigenvalue weighted by atomic mass is 10.0. The molecule has 1 saturated heterocycles. The van der Waals surface area contributed by atoms with Gasteiger partial charge in [0.2, 0.25) is 11.3 Å². The summed E-state index contributed by atoms with van der Waals surface area (Å²) in [4.78, 5) is 100. The zero-order chi connectivity index (χ0) is 59.3. The van der Waals surface area contributed by atoms with Gasteiger partial charge in [-0.2, -0.15) is 0 Å². The Hall–Kier alpha value is -7.66. The number of rotatable bonds is 34. The van der Waals surface area contributed by atoms with E-state index < -0.39 is 41.3 Å². The summed E-state index contributed by atoms with van der Waals surface area (Å²) in [6.07, 6.45) is 5.63. The number of ether oxygens (including phenoxy) is 3. The number of carboxylic acid groups (broad SMARTS) is 4. The molecule has 83 heavy (non-hydrogen) atoms. The minimum absolute atomic E-state index is 0.0213. The number of aromatic amines is 1. The second kappa shape index (κ2) is 34.7. The van der Waals surface area contributed by atoms with Gasteiger partial charge in [0.15, 0.2) is 5.95 Å². The van der Waals surface area contributed by atoms with E-state index >= 15 is 0 Å². The van der Waals surface area contributed by atoms with Crippen LogP contribution in [0.25, 0.3) is 22.0 Å². The smallest absolute Gasteiger partial charge is 0.322 e. The highest BCUT2D eigenvalue weighted by Crippen LogP contribution is 2.21. The Morgan fingerprint density at radius 1 is 0.614 bits per heavy atom. The minimum atomic E-state index is -1.14. The molecule has 1 fully saturated rings. The van der Waals surface area contributed by atoms with Gasteiger partial charge in [-0.05, 0) is 52.9 Å². The number of anilines is 1. The number of hydrogen-bond acceptors (Lipinski definition) is 18. The van der Waals surface area contributed by atoms with Crippen molar-refractivity contribution in [3.8, 4) is 11.1 Å².